The van der Waals surface area contributed by atoms with Crippen molar-refractivity contribution in [3.05, 3.63) is 0 Å². The Balaban J connectivity index is 1.78. The van der Waals surface area contributed by atoms with Gasteiger partial charge in [0.2, 0.25) is 11.8 Å². The van der Waals surface area contributed by atoms with Crippen LogP contribution < -0.4 is 11.1 Å². The average Bonchev–Trinajstić information content (AvgIpc) is 2.83. The van der Waals surface area contributed by atoms with Gasteiger partial charge in [0.05, 0.1) is 12.5 Å². The van der Waals surface area contributed by atoms with Crippen molar-refractivity contribution in [2.75, 3.05) is 26.2 Å². The molecular weight excluding hydrogens is 254 g/mol. The lowest BCUT2D eigenvalue weighted by Gasteiger charge is -2.32. The van der Waals surface area contributed by atoms with Crippen LogP contribution in [0.1, 0.15) is 45.4 Å². The number of carbonyl (C=O) groups is 2. The summed E-state index contributed by atoms with van der Waals surface area (Å²) in [5.41, 5.74) is 5.51. The Morgan fingerprint density at radius 2 is 2.00 bits per heavy atom. The van der Waals surface area contributed by atoms with Gasteiger partial charge in [0.1, 0.15) is 0 Å². The third-order valence-corrected chi connectivity index (χ3v) is 4.76. The summed E-state index contributed by atoms with van der Waals surface area (Å²) in [6.07, 6.45) is 6.86. The van der Waals surface area contributed by atoms with E-state index in [0.717, 1.165) is 25.9 Å². The molecule has 1 saturated carbocycles. The summed E-state index contributed by atoms with van der Waals surface area (Å²) in [7, 11) is 0. The number of hydrogen-bond donors (Lipinski definition) is 2. The number of likely N-dealkylation sites (tertiary alicyclic amines) is 1. The first-order chi connectivity index (χ1) is 9.48. The Hall–Kier alpha value is -1.10. The third-order valence-electron chi connectivity index (χ3n) is 4.76. The smallest absolute Gasteiger partial charge is 0.231 e. The third kappa shape index (κ3) is 4.20. The van der Waals surface area contributed by atoms with E-state index in [-0.39, 0.29) is 29.7 Å². The van der Waals surface area contributed by atoms with Gasteiger partial charge in [0.15, 0.2) is 0 Å². The Labute approximate surface area is 121 Å². The van der Waals surface area contributed by atoms with Gasteiger partial charge in [-0.15, -0.1) is 0 Å². The number of nitrogens with two attached hydrogens (primary N) is 1. The second kappa shape index (κ2) is 6.57. The molecule has 1 saturated heterocycles. The highest BCUT2D eigenvalue weighted by Gasteiger charge is 2.31. The molecule has 0 spiro atoms. The first-order valence-corrected chi connectivity index (χ1v) is 7.77. The lowest BCUT2D eigenvalue weighted by atomic mass is 9.88. The summed E-state index contributed by atoms with van der Waals surface area (Å²) in [5.74, 6) is -0.162. The number of primary amides is 1. The molecule has 5 nitrogen and oxygen atoms in total. The molecule has 20 heavy (non-hydrogen) atoms. The fourth-order valence-corrected chi connectivity index (χ4v) is 3.48. The monoisotopic (exact) mass is 281 g/mol. The summed E-state index contributed by atoms with van der Waals surface area (Å²) in [6, 6.07) is 0. The molecule has 1 heterocycles. The standard InChI is InChI=1S/C15H27N3O2/c1-15(6-2-3-7-15)11-17-14(20)12-5-4-8-18(9-12)10-13(16)19/h12H,2-11H2,1H3,(H2,16,19)(H,17,20). The fraction of sp³-hybridized carbons (Fsp3) is 0.867. The van der Waals surface area contributed by atoms with E-state index in [4.69, 9.17) is 5.73 Å². The highest BCUT2D eigenvalue weighted by atomic mass is 16.2. The summed E-state index contributed by atoms with van der Waals surface area (Å²) in [4.78, 5) is 25.2. The van der Waals surface area contributed by atoms with Crippen molar-refractivity contribution < 1.29 is 9.59 Å². The molecule has 0 aromatic rings. The SMILES string of the molecule is CC1(CNC(=O)C2CCCN(CC(N)=O)C2)CCCC1. The predicted octanol–water partition coefficient (Wildman–Crippen LogP) is 0.880. The van der Waals surface area contributed by atoms with Crippen LogP contribution in [-0.4, -0.2) is 42.9 Å². The van der Waals surface area contributed by atoms with E-state index in [0.29, 0.717) is 6.54 Å². The molecule has 0 radical (unpaired) electrons. The van der Waals surface area contributed by atoms with Crippen molar-refractivity contribution in [2.45, 2.75) is 45.4 Å². The first kappa shape index (κ1) is 15.3. The van der Waals surface area contributed by atoms with Crippen LogP contribution in [0.3, 0.4) is 0 Å². The van der Waals surface area contributed by atoms with Crippen LogP contribution in [0.25, 0.3) is 0 Å². The number of rotatable bonds is 5. The molecule has 2 aliphatic rings. The predicted molar refractivity (Wildman–Crippen MR) is 77.9 cm³/mol. The van der Waals surface area contributed by atoms with Crippen molar-refractivity contribution in [2.24, 2.45) is 17.1 Å². The maximum atomic E-state index is 12.3. The molecule has 3 N–H and O–H groups in total. The molecule has 1 unspecified atom stereocenters. The quantitative estimate of drug-likeness (QED) is 0.785. The molecule has 2 amide bonds. The van der Waals surface area contributed by atoms with Crippen molar-refractivity contribution in [1.29, 1.82) is 0 Å². The molecule has 0 aromatic carbocycles. The molecule has 2 fully saturated rings. The normalized spacial score (nSPS) is 26.4. The maximum Gasteiger partial charge on any atom is 0.231 e. The largest absolute Gasteiger partial charge is 0.369 e. The Morgan fingerprint density at radius 3 is 2.65 bits per heavy atom. The van der Waals surface area contributed by atoms with E-state index in [9.17, 15) is 9.59 Å². The minimum atomic E-state index is -0.315. The zero-order valence-electron chi connectivity index (χ0n) is 12.5. The van der Waals surface area contributed by atoms with Crippen LogP contribution in [-0.2, 0) is 9.59 Å². The lowest BCUT2D eigenvalue weighted by molar-refractivity contribution is -0.128. The van der Waals surface area contributed by atoms with Crippen molar-refractivity contribution in [3.63, 3.8) is 0 Å². The minimum absolute atomic E-state index is 0.00750. The summed E-state index contributed by atoms with van der Waals surface area (Å²) < 4.78 is 0. The van der Waals surface area contributed by atoms with Gasteiger partial charge in [-0.3, -0.25) is 14.5 Å². The number of nitrogens with one attached hydrogen (secondary N) is 1. The van der Waals surface area contributed by atoms with E-state index in [1.807, 2.05) is 4.90 Å². The number of amides is 2. The van der Waals surface area contributed by atoms with E-state index in [1.54, 1.807) is 0 Å². The second-order valence-corrected chi connectivity index (χ2v) is 6.78. The van der Waals surface area contributed by atoms with Gasteiger partial charge in [0.25, 0.3) is 0 Å². The zero-order valence-corrected chi connectivity index (χ0v) is 12.5. The number of hydrogen-bond acceptors (Lipinski definition) is 3. The molecule has 114 valence electrons. The molecule has 0 aromatic heterocycles. The first-order valence-electron chi connectivity index (χ1n) is 7.77. The van der Waals surface area contributed by atoms with Crippen molar-refractivity contribution in [1.82, 2.24) is 10.2 Å². The van der Waals surface area contributed by atoms with Gasteiger partial charge < -0.3 is 11.1 Å². The van der Waals surface area contributed by atoms with Crippen LogP contribution >= 0.6 is 0 Å². The summed E-state index contributed by atoms with van der Waals surface area (Å²) >= 11 is 0. The second-order valence-electron chi connectivity index (χ2n) is 6.78. The van der Waals surface area contributed by atoms with Crippen LogP contribution in [0.2, 0.25) is 0 Å². The minimum Gasteiger partial charge on any atom is -0.369 e. The molecule has 0 bridgehead atoms. The Morgan fingerprint density at radius 1 is 1.30 bits per heavy atom. The van der Waals surface area contributed by atoms with E-state index in [2.05, 4.69) is 12.2 Å². The summed E-state index contributed by atoms with van der Waals surface area (Å²) in [6.45, 7) is 4.84. The van der Waals surface area contributed by atoms with Crippen LogP contribution in [0.5, 0.6) is 0 Å². The number of nitrogens with zero attached hydrogens (tertiary/aromatic N) is 1. The average molecular weight is 281 g/mol. The van der Waals surface area contributed by atoms with E-state index >= 15 is 0 Å². The Bertz CT molecular complexity index is 364. The van der Waals surface area contributed by atoms with Gasteiger partial charge in [-0.05, 0) is 37.6 Å². The zero-order chi connectivity index (χ0) is 14.6. The number of piperidine rings is 1. The van der Waals surface area contributed by atoms with Crippen LogP contribution in [0.15, 0.2) is 0 Å². The number of carbonyl (C=O) groups excluding carboxylic acids is 2. The molecular formula is C15H27N3O2. The van der Waals surface area contributed by atoms with Crippen molar-refractivity contribution >= 4 is 11.8 Å². The van der Waals surface area contributed by atoms with E-state index in [1.165, 1.54) is 25.7 Å². The van der Waals surface area contributed by atoms with E-state index < -0.39 is 0 Å². The van der Waals surface area contributed by atoms with Crippen LogP contribution in [0.4, 0.5) is 0 Å². The molecule has 5 heteroatoms. The molecule has 1 aliphatic heterocycles. The molecule has 1 atom stereocenters. The highest BCUT2D eigenvalue weighted by Crippen LogP contribution is 2.36. The van der Waals surface area contributed by atoms with Gasteiger partial charge in [-0.25, -0.2) is 0 Å². The fourth-order valence-electron chi connectivity index (χ4n) is 3.48. The Kier molecular flexibility index (Phi) is 5.02. The topological polar surface area (TPSA) is 75.4 Å². The van der Waals surface area contributed by atoms with Gasteiger partial charge in [0, 0.05) is 13.1 Å². The maximum absolute atomic E-state index is 12.3. The highest BCUT2D eigenvalue weighted by molar-refractivity contribution is 5.79. The molecule has 2 rings (SSSR count). The lowest BCUT2D eigenvalue weighted by Crippen LogP contribution is -2.47. The van der Waals surface area contributed by atoms with Gasteiger partial charge in [-0.1, -0.05) is 19.8 Å². The van der Waals surface area contributed by atoms with Crippen molar-refractivity contribution in [3.8, 4) is 0 Å². The van der Waals surface area contributed by atoms with Gasteiger partial charge >= 0.3 is 0 Å². The summed E-state index contributed by atoms with van der Waals surface area (Å²) in [5, 5.41) is 3.13. The molecule has 1 aliphatic carbocycles. The van der Waals surface area contributed by atoms with Gasteiger partial charge in [-0.2, -0.15) is 0 Å². The van der Waals surface area contributed by atoms with Crippen LogP contribution in [0, 0.1) is 11.3 Å².